The van der Waals surface area contributed by atoms with Crippen molar-refractivity contribution in [3.8, 4) is 11.5 Å². The maximum absolute atomic E-state index is 12.1. The van der Waals surface area contributed by atoms with Gasteiger partial charge in [-0.05, 0) is 44.0 Å². The Bertz CT molecular complexity index is 657. The smallest absolute Gasteiger partial charge is 0.410 e. The van der Waals surface area contributed by atoms with E-state index in [1.807, 2.05) is 39.0 Å². The molecule has 0 fully saturated rings. The molecule has 5 heteroatoms. The topological polar surface area (TPSA) is 55.6 Å². The Morgan fingerprint density at radius 1 is 1.29 bits per heavy atom. The minimum absolute atomic E-state index is 0.281. The summed E-state index contributed by atoms with van der Waals surface area (Å²) >= 11 is 0. The van der Waals surface area contributed by atoms with Crippen LogP contribution < -0.4 is 0 Å². The van der Waals surface area contributed by atoms with Crippen molar-refractivity contribution in [2.45, 2.75) is 39.5 Å². The van der Waals surface area contributed by atoms with Gasteiger partial charge in [0.2, 0.25) is 5.89 Å². The van der Waals surface area contributed by atoms with Crippen molar-refractivity contribution in [3.05, 3.63) is 41.8 Å². The molecule has 1 aliphatic rings. The summed E-state index contributed by atoms with van der Waals surface area (Å²) in [7, 11) is 0. The van der Waals surface area contributed by atoms with Crippen LogP contribution in [0.3, 0.4) is 0 Å². The second kappa shape index (κ2) is 4.91. The van der Waals surface area contributed by atoms with Gasteiger partial charge in [-0.1, -0.05) is 6.07 Å². The second-order valence-electron chi connectivity index (χ2n) is 6.16. The van der Waals surface area contributed by atoms with Crippen LogP contribution >= 0.6 is 0 Å². The third-order valence-electron chi connectivity index (χ3n) is 3.26. The molecule has 0 saturated heterocycles. The van der Waals surface area contributed by atoms with Crippen molar-refractivity contribution in [2.75, 3.05) is 0 Å². The first-order valence-electron chi connectivity index (χ1n) is 6.92. The number of benzene rings is 1. The van der Waals surface area contributed by atoms with E-state index in [4.69, 9.17) is 9.15 Å². The molecule has 0 radical (unpaired) electrons. The van der Waals surface area contributed by atoms with Crippen LogP contribution in [0.1, 0.15) is 31.9 Å². The van der Waals surface area contributed by atoms with E-state index in [0.29, 0.717) is 19.0 Å². The number of amides is 1. The lowest BCUT2D eigenvalue weighted by Crippen LogP contribution is -2.33. The molecule has 21 heavy (non-hydrogen) atoms. The molecule has 2 heterocycles. The molecule has 1 aromatic carbocycles. The van der Waals surface area contributed by atoms with E-state index in [2.05, 4.69) is 4.98 Å². The van der Waals surface area contributed by atoms with Crippen LogP contribution in [-0.4, -0.2) is 21.6 Å². The molecule has 1 aliphatic heterocycles. The van der Waals surface area contributed by atoms with Crippen LogP contribution in [0.2, 0.25) is 0 Å². The Kier molecular flexibility index (Phi) is 3.20. The van der Waals surface area contributed by atoms with E-state index in [9.17, 15) is 4.79 Å². The lowest BCUT2D eigenvalue weighted by Gasteiger charge is -2.24. The van der Waals surface area contributed by atoms with Gasteiger partial charge in [0.1, 0.15) is 11.9 Å². The highest BCUT2D eigenvalue weighted by molar-refractivity contribution is 5.70. The standard InChI is InChI=1S/C16H18N2O3/c1-16(2,3)21-15(19)18-9-12-5-4-11(8-13(12)10-18)14-17-6-7-20-14/h4-8H,9-10H2,1-3H3. The van der Waals surface area contributed by atoms with Gasteiger partial charge in [0.15, 0.2) is 0 Å². The highest BCUT2D eigenvalue weighted by Gasteiger charge is 2.28. The van der Waals surface area contributed by atoms with Crippen LogP contribution in [0, 0.1) is 0 Å². The van der Waals surface area contributed by atoms with Crippen molar-refractivity contribution in [3.63, 3.8) is 0 Å². The van der Waals surface area contributed by atoms with Crippen molar-refractivity contribution in [1.82, 2.24) is 9.88 Å². The normalized spacial score (nSPS) is 14.1. The fraction of sp³-hybridized carbons (Fsp3) is 0.375. The molecule has 0 bridgehead atoms. The van der Waals surface area contributed by atoms with Crippen molar-refractivity contribution in [1.29, 1.82) is 0 Å². The van der Waals surface area contributed by atoms with Gasteiger partial charge < -0.3 is 9.15 Å². The van der Waals surface area contributed by atoms with Gasteiger partial charge in [-0.15, -0.1) is 0 Å². The molecule has 0 aliphatic carbocycles. The highest BCUT2D eigenvalue weighted by atomic mass is 16.6. The number of aromatic nitrogens is 1. The van der Waals surface area contributed by atoms with Gasteiger partial charge in [-0.3, -0.25) is 4.90 Å². The summed E-state index contributed by atoms with van der Waals surface area (Å²) in [5.41, 5.74) is 2.69. The van der Waals surface area contributed by atoms with Crippen LogP contribution in [-0.2, 0) is 17.8 Å². The molecule has 0 unspecified atom stereocenters. The maximum Gasteiger partial charge on any atom is 0.410 e. The van der Waals surface area contributed by atoms with E-state index in [1.165, 1.54) is 0 Å². The molecule has 5 nitrogen and oxygen atoms in total. The summed E-state index contributed by atoms with van der Waals surface area (Å²) in [4.78, 5) is 18.0. The van der Waals surface area contributed by atoms with Crippen LogP contribution in [0.15, 0.2) is 35.1 Å². The molecule has 1 amide bonds. The van der Waals surface area contributed by atoms with E-state index in [1.54, 1.807) is 17.4 Å². The molecule has 0 atom stereocenters. The van der Waals surface area contributed by atoms with Crippen LogP contribution in [0.4, 0.5) is 4.79 Å². The van der Waals surface area contributed by atoms with Crippen molar-refractivity contribution >= 4 is 6.09 Å². The van der Waals surface area contributed by atoms with Gasteiger partial charge in [-0.2, -0.15) is 0 Å². The fourth-order valence-corrected chi connectivity index (χ4v) is 2.35. The first-order chi connectivity index (χ1) is 9.92. The first kappa shape index (κ1) is 13.7. The Balaban J connectivity index is 1.77. The number of carbonyl (C=O) groups is 1. The summed E-state index contributed by atoms with van der Waals surface area (Å²) in [6, 6.07) is 5.99. The summed E-state index contributed by atoms with van der Waals surface area (Å²) in [6.45, 7) is 6.74. The summed E-state index contributed by atoms with van der Waals surface area (Å²) in [5, 5.41) is 0. The Morgan fingerprint density at radius 3 is 2.71 bits per heavy atom. The third-order valence-corrected chi connectivity index (χ3v) is 3.26. The van der Waals surface area contributed by atoms with E-state index in [0.717, 1.165) is 16.7 Å². The highest BCUT2D eigenvalue weighted by Crippen LogP contribution is 2.28. The average molecular weight is 286 g/mol. The number of carbonyl (C=O) groups excluding carboxylic acids is 1. The van der Waals surface area contributed by atoms with Gasteiger partial charge in [0.05, 0.1) is 6.20 Å². The maximum atomic E-state index is 12.1. The monoisotopic (exact) mass is 286 g/mol. The Hall–Kier alpha value is -2.30. The van der Waals surface area contributed by atoms with Crippen LogP contribution in [0.5, 0.6) is 0 Å². The second-order valence-corrected chi connectivity index (χ2v) is 6.16. The molecule has 0 spiro atoms. The number of oxazole rings is 1. The lowest BCUT2D eigenvalue weighted by atomic mass is 10.1. The zero-order valence-electron chi connectivity index (χ0n) is 12.4. The Labute approximate surface area is 123 Å². The summed E-state index contributed by atoms with van der Waals surface area (Å²) < 4.78 is 10.7. The molecule has 0 N–H and O–H groups in total. The minimum atomic E-state index is -0.477. The predicted molar refractivity (Wildman–Crippen MR) is 77.4 cm³/mol. The minimum Gasteiger partial charge on any atom is -0.445 e. The number of fused-ring (bicyclic) bond motifs is 1. The average Bonchev–Trinajstić information content (AvgIpc) is 3.05. The number of rotatable bonds is 1. The SMILES string of the molecule is CC(C)(C)OC(=O)N1Cc2ccc(-c3ncco3)cc2C1. The first-order valence-corrected chi connectivity index (χ1v) is 6.92. The number of ether oxygens (including phenoxy) is 1. The molecule has 3 rings (SSSR count). The van der Waals surface area contributed by atoms with Crippen molar-refractivity contribution in [2.24, 2.45) is 0 Å². The number of hydrogen-bond acceptors (Lipinski definition) is 4. The zero-order chi connectivity index (χ0) is 15.0. The zero-order valence-corrected chi connectivity index (χ0v) is 12.4. The molecular weight excluding hydrogens is 268 g/mol. The third kappa shape index (κ3) is 2.91. The number of hydrogen-bond donors (Lipinski definition) is 0. The molecule has 2 aromatic rings. The van der Waals surface area contributed by atoms with Gasteiger partial charge in [-0.25, -0.2) is 9.78 Å². The summed E-state index contributed by atoms with van der Waals surface area (Å²) in [6.07, 6.45) is 2.89. The molecule has 110 valence electrons. The molecule has 1 aromatic heterocycles. The lowest BCUT2D eigenvalue weighted by molar-refractivity contribution is 0.0242. The summed E-state index contributed by atoms with van der Waals surface area (Å²) in [5.74, 6) is 0.591. The van der Waals surface area contributed by atoms with E-state index in [-0.39, 0.29) is 6.09 Å². The van der Waals surface area contributed by atoms with E-state index >= 15 is 0 Å². The predicted octanol–water partition coefficient (Wildman–Crippen LogP) is 3.59. The largest absolute Gasteiger partial charge is 0.445 e. The van der Waals surface area contributed by atoms with Gasteiger partial charge in [0, 0.05) is 18.7 Å². The van der Waals surface area contributed by atoms with Gasteiger partial charge >= 0.3 is 6.09 Å². The van der Waals surface area contributed by atoms with E-state index < -0.39 is 5.60 Å². The molecular formula is C16H18N2O3. The molecule has 0 saturated carbocycles. The Morgan fingerprint density at radius 2 is 2.05 bits per heavy atom. The fourth-order valence-electron chi connectivity index (χ4n) is 2.35. The van der Waals surface area contributed by atoms with Crippen LogP contribution in [0.25, 0.3) is 11.5 Å². The van der Waals surface area contributed by atoms with Crippen molar-refractivity contribution < 1.29 is 13.9 Å². The quantitative estimate of drug-likeness (QED) is 0.804. The number of nitrogens with zero attached hydrogens (tertiary/aromatic N) is 2. The van der Waals surface area contributed by atoms with Gasteiger partial charge in [0.25, 0.3) is 0 Å².